The number of rotatable bonds is 4. The fourth-order valence-electron chi connectivity index (χ4n) is 4.93. The van der Waals surface area contributed by atoms with Crippen LogP contribution in [-0.4, -0.2) is 27.4 Å². The number of aryl methyl sites for hydroxylation is 1. The van der Waals surface area contributed by atoms with Gasteiger partial charge in [-0.05, 0) is 62.8 Å². The monoisotopic (exact) mass is 418 g/mol. The summed E-state index contributed by atoms with van der Waals surface area (Å²) >= 11 is 0. The van der Waals surface area contributed by atoms with Crippen LogP contribution >= 0.6 is 0 Å². The smallest absolute Gasteiger partial charge is 0.249 e. The van der Waals surface area contributed by atoms with Crippen molar-refractivity contribution in [3.63, 3.8) is 0 Å². The van der Waals surface area contributed by atoms with E-state index in [0.717, 1.165) is 60.9 Å². The molecular formula is C24H26N4O3. The molecule has 3 aromatic rings. The number of carbonyl (C=O) groups excluding carboxylic acids is 1. The van der Waals surface area contributed by atoms with Gasteiger partial charge in [0.15, 0.2) is 0 Å². The quantitative estimate of drug-likeness (QED) is 0.622. The van der Waals surface area contributed by atoms with E-state index in [1.54, 1.807) is 11.3 Å². The van der Waals surface area contributed by atoms with E-state index >= 15 is 0 Å². The van der Waals surface area contributed by atoms with Gasteiger partial charge >= 0.3 is 0 Å². The number of hydroxylamine groups is 2. The summed E-state index contributed by atoms with van der Waals surface area (Å²) in [7, 11) is 0. The van der Waals surface area contributed by atoms with Gasteiger partial charge in [0.25, 0.3) is 0 Å². The molecule has 1 aliphatic carbocycles. The fourth-order valence-corrected chi connectivity index (χ4v) is 4.93. The van der Waals surface area contributed by atoms with Gasteiger partial charge < -0.3 is 4.42 Å². The number of carbonyl (C=O) groups is 1. The lowest BCUT2D eigenvalue weighted by molar-refractivity contribution is -0.183. The maximum absolute atomic E-state index is 13.2. The molecule has 1 saturated heterocycles. The van der Waals surface area contributed by atoms with Gasteiger partial charge in [-0.1, -0.05) is 0 Å². The molecule has 1 saturated carbocycles. The van der Waals surface area contributed by atoms with Gasteiger partial charge in [0, 0.05) is 29.8 Å². The zero-order valence-electron chi connectivity index (χ0n) is 17.7. The molecule has 2 aromatic heterocycles. The van der Waals surface area contributed by atoms with Crippen LogP contribution in [0, 0.1) is 30.1 Å². The van der Waals surface area contributed by atoms with Gasteiger partial charge in [-0.25, -0.2) is 5.06 Å². The number of fused-ring (bicyclic) bond motifs is 1. The summed E-state index contributed by atoms with van der Waals surface area (Å²) in [6.07, 6.45) is 8.09. The van der Waals surface area contributed by atoms with Crippen LogP contribution in [0.3, 0.4) is 0 Å². The topological polar surface area (TPSA) is 84.3 Å². The SMILES string of the molecule is Cc1cc([C@@H]2CCON2C(=O)[C@H]2CC[C@H](Cn3ncc4ccc(C#N)cc43)CC2)co1. The molecule has 3 heterocycles. The number of benzene rings is 1. The van der Waals surface area contributed by atoms with Gasteiger partial charge in [0.1, 0.15) is 5.76 Å². The van der Waals surface area contributed by atoms with Crippen molar-refractivity contribution in [1.82, 2.24) is 14.8 Å². The van der Waals surface area contributed by atoms with Crippen LogP contribution in [0.15, 0.2) is 41.1 Å². The van der Waals surface area contributed by atoms with Crippen molar-refractivity contribution in [2.45, 2.75) is 51.6 Å². The molecule has 1 aromatic carbocycles. The molecule has 2 fully saturated rings. The average molecular weight is 418 g/mol. The van der Waals surface area contributed by atoms with Crippen molar-refractivity contribution in [2.24, 2.45) is 11.8 Å². The summed E-state index contributed by atoms with van der Waals surface area (Å²) in [5, 5.41) is 16.4. The minimum Gasteiger partial charge on any atom is -0.469 e. The Morgan fingerprint density at radius 3 is 2.81 bits per heavy atom. The molecular weight excluding hydrogens is 392 g/mol. The van der Waals surface area contributed by atoms with Gasteiger partial charge in [0.2, 0.25) is 5.91 Å². The van der Waals surface area contributed by atoms with E-state index in [9.17, 15) is 10.1 Å². The Hall–Kier alpha value is -3.11. The summed E-state index contributed by atoms with van der Waals surface area (Å²) < 4.78 is 7.44. The number of hydrogen-bond acceptors (Lipinski definition) is 5. The van der Waals surface area contributed by atoms with E-state index in [1.807, 2.05) is 42.1 Å². The molecule has 7 nitrogen and oxygen atoms in total. The van der Waals surface area contributed by atoms with E-state index in [-0.39, 0.29) is 17.9 Å². The molecule has 1 aliphatic heterocycles. The summed E-state index contributed by atoms with van der Waals surface area (Å²) in [5.74, 6) is 1.43. The zero-order valence-corrected chi connectivity index (χ0v) is 17.7. The van der Waals surface area contributed by atoms with Crippen LogP contribution in [0.4, 0.5) is 0 Å². The fraction of sp³-hybridized carbons (Fsp3) is 0.458. The first-order chi connectivity index (χ1) is 15.1. The molecule has 5 rings (SSSR count). The van der Waals surface area contributed by atoms with Crippen molar-refractivity contribution in [3.05, 3.63) is 53.6 Å². The average Bonchev–Trinajstić information content (AvgIpc) is 3.53. The number of nitrogens with zero attached hydrogens (tertiary/aromatic N) is 4. The van der Waals surface area contributed by atoms with E-state index in [2.05, 4.69) is 11.2 Å². The zero-order chi connectivity index (χ0) is 21.4. The van der Waals surface area contributed by atoms with E-state index in [0.29, 0.717) is 18.1 Å². The first-order valence-electron chi connectivity index (χ1n) is 11.0. The van der Waals surface area contributed by atoms with Gasteiger partial charge in [0.05, 0.1) is 42.3 Å². The molecule has 31 heavy (non-hydrogen) atoms. The predicted molar refractivity (Wildman–Crippen MR) is 113 cm³/mol. The van der Waals surface area contributed by atoms with Crippen molar-refractivity contribution < 1.29 is 14.0 Å². The third kappa shape index (κ3) is 3.84. The number of hydrogen-bond donors (Lipinski definition) is 0. The van der Waals surface area contributed by atoms with Crippen LogP contribution in [-0.2, 0) is 16.2 Å². The molecule has 1 atom stereocenters. The highest BCUT2D eigenvalue weighted by Crippen LogP contribution is 2.37. The Bertz CT molecular complexity index is 1130. The molecule has 2 aliphatic rings. The lowest BCUT2D eigenvalue weighted by Gasteiger charge is -2.31. The predicted octanol–water partition coefficient (Wildman–Crippen LogP) is 4.52. The lowest BCUT2D eigenvalue weighted by Crippen LogP contribution is -2.37. The molecule has 0 unspecified atom stereocenters. The highest BCUT2D eigenvalue weighted by atomic mass is 16.7. The molecule has 0 spiro atoms. The Labute approximate surface area is 181 Å². The van der Waals surface area contributed by atoms with Crippen LogP contribution in [0.1, 0.15) is 55.0 Å². The summed E-state index contributed by atoms with van der Waals surface area (Å²) in [6.45, 7) is 3.29. The third-order valence-electron chi connectivity index (χ3n) is 6.66. The standard InChI is InChI=1S/C24H26N4O3/c1-16-10-21(15-30-16)22-8-9-31-28(22)24(29)19-5-2-17(3-6-19)14-27-23-11-18(12-25)4-7-20(23)13-26-27/h4,7,10-11,13,15,17,19,22H,2-3,5-6,8-9,14H2,1H3/t17-,19-,22-/m0/s1. The van der Waals surface area contributed by atoms with Gasteiger partial charge in [-0.2, -0.15) is 10.4 Å². The van der Waals surface area contributed by atoms with Crippen LogP contribution in [0.2, 0.25) is 0 Å². The molecule has 160 valence electrons. The molecule has 0 bridgehead atoms. The molecule has 7 heteroatoms. The van der Waals surface area contributed by atoms with E-state index in [1.165, 1.54) is 0 Å². The maximum atomic E-state index is 13.2. The number of amides is 1. The number of aromatic nitrogens is 2. The number of furan rings is 1. The van der Waals surface area contributed by atoms with Crippen molar-refractivity contribution >= 4 is 16.8 Å². The van der Waals surface area contributed by atoms with Crippen LogP contribution in [0.5, 0.6) is 0 Å². The Morgan fingerprint density at radius 1 is 1.23 bits per heavy atom. The second-order valence-electron chi connectivity index (χ2n) is 8.72. The summed E-state index contributed by atoms with van der Waals surface area (Å²) in [5.41, 5.74) is 2.66. The normalized spacial score (nSPS) is 23.9. The van der Waals surface area contributed by atoms with Gasteiger partial charge in [-0.15, -0.1) is 0 Å². The number of nitriles is 1. The first kappa shape index (κ1) is 19.8. The molecule has 0 radical (unpaired) electrons. The largest absolute Gasteiger partial charge is 0.469 e. The van der Waals surface area contributed by atoms with E-state index in [4.69, 9.17) is 9.25 Å². The first-order valence-corrected chi connectivity index (χ1v) is 11.0. The van der Waals surface area contributed by atoms with Crippen molar-refractivity contribution in [1.29, 1.82) is 5.26 Å². The lowest BCUT2D eigenvalue weighted by atomic mass is 9.81. The molecule has 1 amide bonds. The highest BCUT2D eigenvalue weighted by Gasteiger charge is 2.37. The van der Waals surface area contributed by atoms with Crippen LogP contribution < -0.4 is 0 Å². The van der Waals surface area contributed by atoms with Crippen LogP contribution in [0.25, 0.3) is 10.9 Å². The third-order valence-corrected chi connectivity index (χ3v) is 6.66. The van der Waals surface area contributed by atoms with Gasteiger partial charge in [-0.3, -0.25) is 14.3 Å². The second kappa shape index (κ2) is 8.20. The van der Waals surface area contributed by atoms with Crippen molar-refractivity contribution in [2.75, 3.05) is 6.61 Å². The summed E-state index contributed by atoms with van der Waals surface area (Å²) in [4.78, 5) is 18.9. The highest BCUT2D eigenvalue weighted by molar-refractivity contribution is 5.80. The second-order valence-corrected chi connectivity index (χ2v) is 8.72. The minimum absolute atomic E-state index is 0.00408. The summed E-state index contributed by atoms with van der Waals surface area (Å²) in [6, 6.07) is 9.81. The Kier molecular flexibility index (Phi) is 5.24. The minimum atomic E-state index is -0.0487. The maximum Gasteiger partial charge on any atom is 0.249 e. The Morgan fingerprint density at radius 2 is 2.06 bits per heavy atom. The van der Waals surface area contributed by atoms with E-state index < -0.39 is 0 Å². The Balaban J connectivity index is 1.21. The van der Waals surface area contributed by atoms with Crippen molar-refractivity contribution in [3.8, 4) is 6.07 Å². The molecule has 0 N–H and O–H groups in total.